The molecule has 1 saturated heterocycles. The first-order chi connectivity index (χ1) is 16.0. The van der Waals surface area contributed by atoms with Crippen LogP contribution >= 0.6 is 11.6 Å². The number of aromatic nitrogens is 2. The fourth-order valence-electron chi connectivity index (χ4n) is 3.68. The second-order valence-corrected chi connectivity index (χ2v) is 8.30. The van der Waals surface area contributed by atoms with Crippen molar-refractivity contribution in [3.63, 3.8) is 0 Å². The van der Waals surface area contributed by atoms with E-state index in [0.717, 1.165) is 18.4 Å². The molecule has 1 N–H and O–H groups in total. The Morgan fingerprint density at radius 3 is 2.85 bits per heavy atom. The summed E-state index contributed by atoms with van der Waals surface area (Å²) in [6.45, 7) is 2.92. The molecule has 9 heteroatoms. The van der Waals surface area contributed by atoms with Crippen LogP contribution in [0.15, 0.2) is 53.1 Å². The number of carbonyl (C=O) groups excluding carboxylic acids is 2. The van der Waals surface area contributed by atoms with Crippen LogP contribution in [0.5, 0.6) is 5.75 Å². The van der Waals surface area contributed by atoms with Crippen molar-refractivity contribution in [2.45, 2.75) is 32.1 Å². The van der Waals surface area contributed by atoms with Crippen LogP contribution in [0, 0.1) is 0 Å². The van der Waals surface area contributed by atoms with Gasteiger partial charge in [-0.2, -0.15) is 4.98 Å². The highest BCUT2D eigenvalue weighted by Gasteiger charge is 2.29. The Balaban J connectivity index is 1.38. The largest absolute Gasteiger partial charge is 0.484 e. The highest BCUT2D eigenvalue weighted by molar-refractivity contribution is 6.30. The first-order valence-electron chi connectivity index (χ1n) is 10.9. The minimum atomic E-state index is -0.0891. The number of piperidine rings is 1. The Labute approximate surface area is 196 Å². The molecule has 2 aromatic carbocycles. The zero-order chi connectivity index (χ0) is 23.2. The maximum atomic E-state index is 12.7. The number of nitrogens with one attached hydrogen (secondary N) is 1. The van der Waals surface area contributed by atoms with Gasteiger partial charge < -0.3 is 19.5 Å². The van der Waals surface area contributed by atoms with E-state index in [-0.39, 0.29) is 24.3 Å². The normalized spacial score (nSPS) is 15.8. The van der Waals surface area contributed by atoms with Gasteiger partial charge >= 0.3 is 0 Å². The molecule has 4 rings (SSSR count). The van der Waals surface area contributed by atoms with Crippen LogP contribution in [0.25, 0.3) is 11.4 Å². The van der Waals surface area contributed by atoms with Gasteiger partial charge in [0.1, 0.15) is 5.75 Å². The van der Waals surface area contributed by atoms with Gasteiger partial charge in [-0.05, 0) is 49.2 Å². The Hall–Kier alpha value is -3.39. The summed E-state index contributed by atoms with van der Waals surface area (Å²) in [5.41, 5.74) is 1.43. The summed E-state index contributed by atoms with van der Waals surface area (Å²) in [5, 5.41) is 7.56. The van der Waals surface area contributed by atoms with Crippen molar-refractivity contribution in [1.82, 2.24) is 15.0 Å². The number of hydrogen-bond donors (Lipinski definition) is 1. The van der Waals surface area contributed by atoms with Crippen molar-refractivity contribution in [3.05, 3.63) is 59.4 Å². The molecule has 0 radical (unpaired) electrons. The van der Waals surface area contributed by atoms with E-state index in [2.05, 4.69) is 15.5 Å². The first kappa shape index (κ1) is 22.8. The summed E-state index contributed by atoms with van der Waals surface area (Å²) in [5.74, 6) is 1.36. The first-order valence-corrected chi connectivity index (χ1v) is 11.3. The third-order valence-corrected chi connectivity index (χ3v) is 5.72. The molecule has 1 fully saturated rings. The summed E-state index contributed by atoms with van der Waals surface area (Å²) in [7, 11) is 0. The van der Waals surface area contributed by atoms with Gasteiger partial charge in [-0.3, -0.25) is 9.59 Å². The Morgan fingerprint density at radius 1 is 1.24 bits per heavy atom. The second kappa shape index (κ2) is 10.5. The van der Waals surface area contributed by atoms with Gasteiger partial charge in [-0.25, -0.2) is 0 Å². The molecule has 1 aliphatic heterocycles. The van der Waals surface area contributed by atoms with Gasteiger partial charge in [-0.15, -0.1) is 0 Å². The molecule has 0 saturated carbocycles. The minimum absolute atomic E-state index is 0.0394. The van der Waals surface area contributed by atoms with E-state index in [0.29, 0.717) is 47.7 Å². The molecule has 33 heavy (non-hydrogen) atoms. The number of benzene rings is 2. The molecule has 0 aliphatic carbocycles. The quantitative estimate of drug-likeness (QED) is 0.547. The Kier molecular flexibility index (Phi) is 7.24. The van der Waals surface area contributed by atoms with Crippen molar-refractivity contribution >= 4 is 29.1 Å². The zero-order valence-electron chi connectivity index (χ0n) is 18.3. The molecule has 8 nitrogen and oxygen atoms in total. The summed E-state index contributed by atoms with van der Waals surface area (Å²) in [6.07, 6.45) is 2.10. The number of likely N-dealkylation sites (tertiary alicyclic amines) is 1. The number of amides is 2. The van der Waals surface area contributed by atoms with Crippen LogP contribution in [-0.2, 0) is 9.59 Å². The lowest BCUT2D eigenvalue weighted by molar-refractivity contribution is -0.134. The number of carbonyl (C=O) groups is 2. The minimum Gasteiger partial charge on any atom is -0.484 e. The highest BCUT2D eigenvalue weighted by atomic mass is 35.5. The molecule has 1 aliphatic rings. The number of nitrogens with zero attached hydrogens (tertiary/aromatic N) is 3. The fourth-order valence-corrected chi connectivity index (χ4v) is 3.80. The van der Waals surface area contributed by atoms with Gasteiger partial charge in [0.25, 0.3) is 5.91 Å². The van der Waals surface area contributed by atoms with Gasteiger partial charge in [-0.1, -0.05) is 35.8 Å². The number of rotatable bonds is 7. The summed E-state index contributed by atoms with van der Waals surface area (Å²) < 4.78 is 11.1. The molecule has 2 amide bonds. The third kappa shape index (κ3) is 5.90. The third-order valence-electron chi connectivity index (χ3n) is 5.47. The van der Waals surface area contributed by atoms with E-state index in [1.54, 1.807) is 36.1 Å². The summed E-state index contributed by atoms with van der Waals surface area (Å²) >= 11 is 5.88. The van der Waals surface area contributed by atoms with Crippen LogP contribution in [0.2, 0.25) is 5.02 Å². The van der Waals surface area contributed by atoms with Crippen LogP contribution in [0.4, 0.5) is 5.69 Å². The predicted molar refractivity (Wildman–Crippen MR) is 124 cm³/mol. The monoisotopic (exact) mass is 468 g/mol. The standard InChI is InChI=1S/C24H25ClN4O4/c1-2-21(30)26-19-7-3-5-16(13-19)23-27-24(33-28-23)17-6-4-12-29(14-17)22(31)15-32-20-10-8-18(25)9-11-20/h3,5,7-11,13,17H,2,4,6,12,14-15H2,1H3,(H,26,30)/t17-/m1/s1. The summed E-state index contributed by atoms with van der Waals surface area (Å²) in [4.78, 5) is 30.7. The van der Waals surface area contributed by atoms with Gasteiger partial charge in [0, 0.05) is 35.8 Å². The molecular formula is C24H25ClN4O4. The smallest absolute Gasteiger partial charge is 0.260 e. The van der Waals surface area contributed by atoms with Crippen LogP contribution in [0.1, 0.15) is 38.0 Å². The van der Waals surface area contributed by atoms with Gasteiger partial charge in [0.05, 0.1) is 5.92 Å². The maximum absolute atomic E-state index is 12.7. The molecule has 172 valence electrons. The van der Waals surface area contributed by atoms with Crippen molar-refractivity contribution in [3.8, 4) is 17.1 Å². The van der Waals surface area contributed by atoms with E-state index >= 15 is 0 Å². The van der Waals surface area contributed by atoms with Crippen LogP contribution in [-0.4, -0.2) is 46.6 Å². The molecule has 0 spiro atoms. The topological polar surface area (TPSA) is 97.6 Å². The fraction of sp³-hybridized carbons (Fsp3) is 0.333. The van der Waals surface area contributed by atoms with Crippen molar-refractivity contribution in [1.29, 1.82) is 0 Å². The molecular weight excluding hydrogens is 444 g/mol. The van der Waals surface area contributed by atoms with Gasteiger partial charge in [0.15, 0.2) is 6.61 Å². The average molecular weight is 469 g/mol. The second-order valence-electron chi connectivity index (χ2n) is 7.86. The Bertz CT molecular complexity index is 1120. The van der Waals surface area contributed by atoms with Crippen molar-refractivity contribution < 1.29 is 18.8 Å². The molecule has 1 atom stereocenters. The molecule has 1 aromatic heterocycles. The lowest BCUT2D eigenvalue weighted by Crippen LogP contribution is -2.41. The molecule has 2 heterocycles. The predicted octanol–water partition coefficient (Wildman–Crippen LogP) is 4.52. The Morgan fingerprint density at radius 2 is 2.06 bits per heavy atom. The molecule has 0 bridgehead atoms. The molecule has 3 aromatic rings. The lowest BCUT2D eigenvalue weighted by Gasteiger charge is -2.30. The number of halogens is 1. The summed E-state index contributed by atoms with van der Waals surface area (Å²) in [6, 6.07) is 14.2. The van der Waals surface area contributed by atoms with Crippen molar-refractivity contribution in [2.24, 2.45) is 0 Å². The molecule has 0 unspecified atom stereocenters. The number of hydrogen-bond acceptors (Lipinski definition) is 6. The lowest BCUT2D eigenvalue weighted by atomic mass is 9.98. The van der Waals surface area contributed by atoms with Crippen molar-refractivity contribution in [2.75, 3.05) is 25.0 Å². The zero-order valence-corrected chi connectivity index (χ0v) is 19.0. The van der Waals surface area contributed by atoms with E-state index < -0.39 is 0 Å². The van der Waals surface area contributed by atoms with E-state index in [4.69, 9.17) is 20.9 Å². The van der Waals surface area contributed by atoms with Crippen LogP contribution in [0.3, 0.4) is 0 Å². The maximum Gasteiger partial charge on any atom is 0.260 e. The average Bonchev–Trinajstić information content (AvgIpc) is 3.34. The van der Waals surface area contributed by atoms with Crippen LogP contribution < -0.4 is 10.1 Å². The SMILES string of the molecule is CCC(=O)Nc1cccc(-c2noc([C@@H]3CCCN(C(=O)COc4ccc(Cl)cc4)C3)n2)c1. The van der Waals surface area contributed by atoms with E-state index in [1.807, 2.05) is 24.3 Å². The van der Waals surface area contributed by atoms with Gasteiger partial charge in [0.2, 0.25) is 17.6 Å². The van der Waals surface area contributed by atoms with E-state index in [1.165, 1.54) is 0 Å². The number of ether oxygens (including phenoxy) is 1. The van der Waals surface area contributed by atoms with E-state index in [9.17, 15) is 9.59 Å². The highest BCUT2D eigenvalue weighted by Crippen LogP contribution is 2.28. The number of anilines is 1.